The molecular weight excluding hydrogens is 480 g/mol. The maximum atomic E-state index is 13.4. The molecule has 194 valence electrons. The first-order chi connectivity index (χ1) is 17.6. The van der Waals surface area contributed by atoms with E-state index in [1.807, 2.05) is 16.8 Å². The van der Waals surface area contributed by atoms with E-state index < -0.39 is 0 Å². The SMILES string of the molecule is CCCSc1nc2n(n1)C(c1ccc(OCc3cc(C)c(C)cc3C)cc1)C1=C(CC(C)(C)CC1=O)N2. The Hall–Kier alpha value is -3.06. The van der Waals surface area contributed by atoms with Crippen molar-refractivity contribution in [3.63, 3.8) is 0 Å². The zero-order valence-electron chi connectivity index (χ0n) is 22.6. The number of allylic oxidation sites excluding steroid dienone is 2. The molecule has 3 aromatic rings. The van der Waals surface area contributed by atoms with Gasteiger partial charge in [-0.1, -0.05) is 56.8 Å². The molecule has 2 aliphatic rings. The molecule has 37 heavy (non-hydrogen) atoms. The van der Waals surface area contributed by atoms with Gasteiger partial charge in [-0.15, -0.1) is 5.10 Å². The van der Waals surface area contributed by atoms with Crippen LogP contribution in [0.5, 0.6) is 5.75 Å². The number of benzene rings is 2. The van der Waals surface area contributed by atoms with Crippen molar-refractivity contribution in [3.8, 4) is 5.75 Å². The zero-order chi connectivity index (χ0) is 26.3. The maximum Gasteiger partial charge on any atom is 0.227 e. The molecule has 1 atom stereocenters. The number of rotatable bonds is 7. The molecule has 6 nitrogen and oxygen atoms in total. The van der Waals surface area contributed by atoms with E-state index in [4.69, 9.17) is 14.8 Å². The molecule has 0 amide bonds. The van der Waals surface area contributed by atoms with Crippen molar-refractivity contribution in [1.82, 2.24) is 14.8 Å². The molecule has 0 radical (unpaired) electrons. The van der Waals surface area contributed by atoms with Crippen molar-refractivity contribution in [2.24, 2.45) is 5.41 Å². The molecule has 0 spiro atoms. The first-order valence-electron chi connectivity index (χ1n) is 13.1. The molecule has 2 aromatic carbocycles. The lowest BCUT2D eigenvalue weighted by Gasteiger charge is -2.38. The largest absolute Gasteiger partial charge is 0.489 e. The van der Waals surface area contributed by atoms with Crippen molar-refractivity contribution in [3.05, 3.63) is 75.5 Å². The fourth-order valence-electron chi connectivity index (χ4n) is 5.24. The lowest BCUT2D eigenvalue weighted by molar-refractivity contribution is -0.118. The molecule has 0 saturated carbocycles. The van der Waals surface area contributed by atoms with Crippen molar-refractivity contribution in [2.45, 2.75) is 78.6 Å². The number of carbonyl (C=O) groups excluding carboxylic acids is 1. The van der Waals surface area contributed by atoms with E-state index in [1.165, 1.54) is 22.3 Å². The summed E-state index contributed by atoms with van der Waals surface area (Å²) in [6, 6.07) is 12.2. The number of ketones is 1. The van der Waals surface area contributed by atoms with Crippen molar-refractivity contribution in [1.29, 1.82) is 0 Å². The number of thioether (sulfide) groups is 1. The van der Waals surface area contributed by atoms with E-state index in [-0.39, 0.29) is 17.2 Å². The van der Waals surface area contributed by atoms with Gasteiger partial charge in [-0.2, -0.15) is 4.98 Å². The van der Waals surface area contributed by atoms with Gasteiger partial charge in [0.05, 0.1) is 0 Å². The smallest absolute Gasteiger partial charge is 0.227 e. The summed E-state index contributed by atoms with van der Waals surface area (Å²) in [5.74, 6) is 2.65. The third-order valence-electron chi connectivity index (χ3n) is 7.29. The Kier molecular flexibility index (Phi) is 6.92. The minimum Gasteiger partial charge on any atom is -0.489 e. The van der Waals surface area contributed by atoms with E-state index in [9.17, 15) is 4.79 Å². The molecule has 1 aromatic heterocycles. The van der Waals surface area contributed by atoms with Crippen LogP contribution in [0.25, 0.3) is 0 Å². The highest BCUT2D eigenvalue weighted by molar-refractivity contribution is 7.99. The zero-order valence-corrected chi connectivity index (χ0v) is 23.5. The Balaban J connectivity index is 1.45. The topological polar surface area (TPSA) is 69.0 Å². The summed E-state index contributed by atoms with van der Waals surface area (Å²) in [7, 11) is 0. The van der Waals surface area contributed by atoms with Crippen molar-refractivity contribution in [2.75, 3.05) is 11.1 Å². The predicted molar refractivity (Wildman–Crippen MR) is 149 cm³/mol. The standard InChI is InChI=1S/C30H36N4O2S/c1-7-12-37-29-32-28-31-24-15-30(5,6)16-25(35)26(24)27(34(28)33-29)21-8-10-23(11-9-21)36-17-22-14-19(3)18(2)13-20(22)4/h8-11,13-14,27H,7,12,15-17H2,1-6H3,(H,31,32,33). The van der Waals surface area contributed by atoms with Crippen LogP contribution in [0, 0.1) is 26.2 Å². The second-order valence-electron chi connectivity index (χ2n) is 11.1. The van der Waals surface area contributed by atoms with Crippen molar-refractivity contribution >= 4 is 23.5 Å². The van der Waals surface area contributed by atoms with Gasteiger partial charge in [0.2, 0.25) is 11.1 Å². The van der Waals surface area contributed by atoms with Crippen LogP contribution in [0.15, 0.2) is 52.8 Å². The maximum absolute atomic E-state index is 13.4. The highest BCUT2D eigenvalue weighted by Crippen LogP contribution is 2.45. The normalized spacial score (nSPS) is 18.3. The number of carbonyl (C=O) groups is 1. The number of Topliss-reactive ketones (excluding diaryl/α,β-unsaturated/α-hetero) is 1. The minimum atomic E-state index is -0.297. The number of ether oxygens (including phenoxy) is 1. The summed E-state index contributed by atoms with van der Waals surface area (Å²) in [5, 5.41) is 9.02. The molecule has 1 unspecified atom stereocenters. The molecule has 1 N–H and O–H groups in total. The molecule has 5 rings (SSSR count). The number of anilines is 1. The summed E-state index contributed by atoms with van der Waals surface area (Å²) >= 11 is 1.65. The van der Waals surface area contributed by atoms with E-state index in [1.54, 1.807) is 11.8 Å². The summed E-state index contributed by atoms with van der Waals surface area (Å²) < 4.78 is 8.04. The van der Waals surface area contributed by atoms with Gasteiger partial charge in [-0.25, -0.2) is 4.68 Å². The van der Waals surface area contributed by atoms with Gasteiger partial charge >= 0.3 is 0 Å². The average molecular weight is 517 g/mol. The summed E-state index contributed by atoms with van der Waals surface area (Å²) in [5.41, 5.74) is 7.71. The van der Waals surface area contributed by atoms with Gasteiger partial charge < -0.3 is 10.1 Å². The Morgan fingerprint density at radius 1 is 1.08 bits per heavy atom. The van der Waals surface area contributed by atoms with Crippen LogP contribution in [0.4, 0.5) is 5.95 Å². The van der Waals surface area contributed by atoms with E-state index in [2.05, 4.69) is 71.1 Å². The number of nitrogens with zero attached hydrogens (tertiary/aromatic N) is 3. The molecule has 1 aliphatic heterocycles. The molecule has 0 bridgehead atoms. The summed E-state index contributed by atoms with van der Waals surface area (Å²) in [6.07, 6.45) is 2.39. The van der Waals surface area contributed by atoms with Crippen LogP contribution >= 0.6 is 11.8 Å². The number of hydrogen-bond acceptors (Lipinski definition) is 6. The third-order valence-corrected chi connectivity index (χ3v) is 8.33. The van der Waals surface area contributed by atoms with Gasteiger partial charge in [-0.3, -0.25) is 4.79 Å². The molecule has 0 fully saturated rings. The Morgan fingerprint density at radius 3 is 2.54 bits per heavy atom. The van der Waals surface area contributed by atoms with Crippen LogP contribution in [0.1, 0.15) is 73.9 Å². The molecular formula is C30H36N4O2S. The lowest BCUT2D eigenvalue weighted by Crippen LogP contribution is -2.36. The van der Waals surface area contributed by atoms with Crippen LogP contribution in [-0.4, -0.2) is 26.3 Å². The predicted octanol–water partition coefficient (Wildman–Crippen LogP) is 6.94. The third kappa shape index (κ3) is 5.19. The van der Waals surface area contributed by atoms with Crippen LogP contribution in [-0.2, 0) is 11.4 Å². The van der Waals surface area contributed by atoms with Gasteiger partial charge in [0.1, 0.15) is 18.4 Å². The monoisotopic (exact) mass is 516 g/mol. The van der Waals surface area contributed by atoms with Crippen LogP contribution in [0.3, 0.4) is 0 Å². The van der Waals surface area contributed by atoms with Gasteiger partial charge in [-0.05, 0) is 79.0 Å². The average Bonchev–Trinajstić information content (AvgIpc) is 3.25. The second kappa shape index (κ2) is 10.0. The fourth-order valence-corrected chi connectivity index (χ4v) is 5.92. The first-order valence-corrected chi connectivity index (χ1v) is 14.1. The van der Waals surface area contributed by atoms with E-state index in [0.717, 1.165) is 46.3 Å². The number of aryl methyl sites for hydroxylation is 3. The number of nitrogens with one attached hydrogen (secondary N) is 1. The van der Waals surface area contributed by atoms with Crippen LogP contribution < -0.4 is 10.1 Å². The Bertz CT molecular complexity index is 1370. The number of hydrogen-bond donors (Lipinski definition) is 1. The highest BCUT2D eigenvalue weighted by Gasteiger charge is 2.41. The molecule has 7 heteroatoms. The van der Waals surface area contributed by atoms with Gasteiger partial charge in [0.25, 0.3) is 0 Å². The molecule has 1 aliphatic carbocycles. The fraction of sp³-hybridized carbons (Fsp3) is 0.433. The van der Waals surface area contributed by atoms with Crippen molar-refractivity contribution < 1.29 is 9.53 Å². The first kappa shape index (κ1) is 25.6. The van der Waals surface area contributed by atoms with Crippen LogP contribution in [0.2, 0.25) is 0 Å². The highest BCUT2D eigenvalue weighted by atomic mass is 32.2. The quantitative estimate of drug-likeness (QED) is 0.343. The van der Waals surface area contributed by atoms with E-state index >= 15 is 0 Å². The number of aromatic nitrogens is 3. The van der Waals surface area contributed by atoms with Gasteiger partial charge in [0, 0.05) is 23.4 Å². The van der Waals surface area contributed by atoms with E-state index in [0.29, 0.717) is 19.0 Å². The second-order valence-corrected chi connectivity index (χ2v) is 12.2. The number of fused-ring (bicyclic) bond motifs is 1. The Morgan fingerprint density at radius 2 is 1.81 bits per heavy atom. The lowest BCUT2D eigenvalue weighted by atomic mass is 9.73. The molecule has 0 saturated heterocycles. The summed E-state index contributed by atoms with van der Waals surface area (Å²) in [6.45, 7) is 13.4. The summed E-state index contributed by atoms with van der Waals surface area (Å²) in [4.78, 5) is 18.2. The Labute approximate surface area is 223 Å². The molecule has 2 heterocycles. The minimum absolute atomic E-state index is 0.0837. The van der Waals surface area contributed by atoms with Gasteiger partial charge in [0.15, 0.2) is 5.78 Å².